The zero-order chi connectivity index (χ0) is 16.4. The Labute approximate surface area is 135 Å². The first-order chi connectivity index (χ1) is 11.1. The van der Waals surface area contributed by atoms with Crippen LogP contribution in [0.2, 0.25) is 0 Å². The molecule has 0 N–H and O–H groups in total. The SMILES string of the molecule is C[C@H]1CCN(C(=O)CN2CCOCC2=O)[C@@H]1c1cccc(F)c1. The van der Waals surface area contributed by atoms with Crippen LogP contribution in [0.5, 0.6) is 0 Å². The summed E-state index contributed by atoms with van der Waals surface area (Å²) < 4.78 is 18.6. The molecule has 2 amide bonds. The van der Waals surface area contributed by atoms with Crippen LogP contribution in [-0.2, 0) is 14.3 Å². The predicted octanol–water partition coefficient (Wildman–Crippen LogP) is 1.59. The van der Waals surface area contributed by atoms with Crippen LogP contribution in [-0.4, -0.2) is 54.5 Å². The first-order valence-corrected chi connectivity index (χ1v) is 7.96. The van der Waals surface area contributed by atoms with Crippen molar-refractivity contribution >= 4 is 11.8 Å². The molecule has 6 heteroatoms. The minimum absolute atomic E-state index is 0.0387. The topological polar surface area (TPSA) is 49.9 Å². The van der Waals surface area contributed by atoms with E-state index in [-0.39, 0.29) is 42.7 Å². The van der Waals surface area contributed by atoms with Gasteiger partial charge in [0.15, 0.2) is 0 Å². The van der Waals surface area contributed by atoms with E-state index in [1.165, 1.54) is 17.0 Å². The van der Waals surface area contributed by atoms with Gasteiger partial charge in [-0.25, -0.2) is 4.39 Å². The zero-order valence-corrected chi connectivity index (χ0v) is 13.2. The highest BCUT2D eigenvalue weighted by atomic mass is 19.1. The number of likely N-dealkylation sites (tertiary alicyclic amines) is 1. The lowest BCUT2D eigenvalue weighted by Crippen LogP contribution is -2.47. The van der Waals surface area contributed by atoms with Gasteiger partial charge in [0.1, 0.15) is 12.4 Å². The van der Waals surface area contributed by atoms with E-state index in [4.69, 9.17) is 4.74 Å². The van der Waals surface area contributed by atoms with E-state index in [2.05, 4.69) is 6.92 Å². The maximum atomic E-state index is 13.5. The van der Waals surface area contributed by atoms with E-state index in [9.17, 15) is 14.0 Å². The fourth-order valence-corrected chi connectivity index (χ4v) is 3.40. The number of carbonyl (C=O) groups is 2. The molecule has 124 valence electrons. The highest BCUT2D eigenvalue weighted by Gasteiger charge is 2.36. The van der Waals surface area contributed by atoms with Crippen molar-refractivity contribution in [3.05, 3.63) is 35.6 Å². The van der Waals surface area contributed by atoms with Crippen molar-refractivity contribution in [3.63, 3.8) is 0 Å². The van der Waals surface area contributed by atoms with Gasteiger partial charge in [0.05, 0.1) is 19.2 Å². The summed E-state index contributed by atoms with van der Waals surface area (Å²) >= 11 is 0. The van der Waals surface area contributed by atoms with Gasteiger partial charge in [0.2, 0.25) is 11.8 Å². The van der Waals surface area contributed by atoms with Gasteiger partial charge >= 0.3 is 0 Å². The van der Waals surface area contributed by atoms with Crippen molar-refractivity contribution < 1.29 is 18.7 Å². The number of morpholine rings is 1. The lowest BCUT2D eigenvalue weighted by Gasteiger charge is -2.31. The molecule has 1 aromatic carbocycles. The van der Waals surface area contributed by atoms with Gasteiger partial charge in [0.25, 0.3) is 0 Å². The minimum Gasteiger partial charge on any atom is -0.370 e. The molecule has 0 spiro atoms. The van der Waals surface area contributed by atoms with Crippen molar-refractivity contribution in [2.45, 2.75) is 19.4 Å². The fourth-order valence-electron chi connectivity index (χ4n) is 3.40. The largest absolute Gasteiger partial charge is 0.370 e. The lowest BCUT2D eigenvalue weighted by molar-refractivity contribution is -0.149. The number of halogens is 1. The van der Waals surface area contributed by atoms with E-state index in [1.807, 2.05) is 6.07 Å². The van der Waals surface area contributed by atoms with Gasteiger partial charge in [-0.1, -0.05) is 19.1 Å². The number of hydrogen-bond acceptors (Lipinski definition) is 3. The summed E-state index contributed by atoms with van der Waals surface area (Å²) in [6.07, 6.45) is 0.879. The maximum absolute atomic E-state index is 13.5. The number of carbonyl (C=O) groups excluding carboxylic acids is 2. The summed E-state index contributed by atoms with van der Waals surface area (Å²) in [5.74, 6) is -0.267. The lowest BCUT2D eigenvalue weighted by atomic mass is 9.95. The van der Waals surface area contributed by atoms with Crippen LogP contribution in [0.4, 0.5) is 4.39 Å². The van der Waals surface area contributed by atoms with Crippen molar-refractivity contribution in [1.82, 2.24) is 9.80 Å². The smallest absolute Gasteiger partial charge is 0.249 e. The van der Waals surface area contributed by atoms with Gasteiger partial charge in [-0.15, -0.1) is 0 Å². The Hall–Kier alpha value is -1.95. The van der Waals surface area contributed by atoms with Crippen LogP contribution >= 0.6 is 0 Å². The van der Waals surface area contributed by atoms with Gasteiger partial charge in [-0.2, -0.15) is 0 Å². The molecule has 2 fully saturated rings. The second-order valence-electron chi connectivity index (χ2n) is 6.22. The molecule has 2 saturated heterocycles. The average molecular weight is 320 g/mol. The molecule has 2 atom stereocenters. The third-order valence-electron chi connectivity index (χ3n) is 4.62. The van der Waals surface area contributed by atoms with Crippen molar-refractivity contribution in [2.75, 3.05) is 32.8 Å². The molecule has 0 aromatic heterocycles. The molecule has 5 nitrogen and oxygen atoms in total. The van der Waals surface area contributed by atoms with Gasteiger partial charge in [-0.3, -0.25) is 9.59 Å². The average Bonchev–Trinajstić information content (AvgIpc) is 2.91. The van der Waals surface area contributed by atoms with E-state index in [0.717, 1.165) is 12.0 Å². The van der Waals surface area contributed by atoms with Crippen molar-refractivity contribution in [3.8, 4) is 0 Å². The van der Waals surface area contributed by atoms with Crippen LogP contribution in [0, 0.1) is 11.7 Å². The molecule has 2 aliphatic heterocycles. The summed E-state index contributed by atoms with van der Waals surface area (Å²) in [6.45, 7) is 3.72. The highest BCUT2D eigenvalue weighted by molar-refractivity contribution is 5.86. The predicted molar refractivity (Wildman–Crippen MR) is 82.0 cm³/mol. The molecule has 0 aliphatic carbocycles. The quantitative estimate of drug-likeness (QED) is 0.850. The molecular formula is C17H21FN2O3. The minimum atomic E-state index is -0.294. The Bertz CT molecular complexity index is 607. The maximum Gasteiger partial charge on any atom is 0.249 e. The monoisotopic (exact) mass is 320 g/mol. The summed E-state index contributed by atoms with van der Waals surface area (Å²) in [5.41, 5.74) is 0.816. The number of rotatable bonds is 3. The summed E-state index contributed by atoms with van der Waals surface area (Å²) in [7, 11) is 0. The normalized spacial score (nSPS) is 25.0. The van der Waals surface area contributed by atoms with Crippen LogP contribution in [0.15, 0.2) is 24.3 Å². The van der Waals surface area contributed by atoms with E-state index < -0.39 is 0 Å². The Kier molecular flexibility index (Phi) is 4.61. The van der Waals surface area contributed by atoms with Gasteiger partial charge in [0, 0.05) is 13.1 Å². The standard InChI is InChI=1S/C17H21FN2O3/c1-12-5-6-20(17(12)13-3-2-4-14(18)9-13)15(21)10-19-7-8-23-11-16(19)22/h2-4,9,12,17H,5-8,10-11H2,1H3/t12-,17-/m0/s1. The molecule has 1 aromatic rings. The van der Waals surface area contributed by atoms with Crippen LogP contribution < -0.4 is 0 Å². The molecule has 0 saturated carbocycles. The van der Waals surface area contributed by atoms with Crippen molar-refractivity contribution in [2.24, 2.45) is 5.92 Å². The van der Waals surface area contributed by atoms with Gasteiger partial charge in [-0.05, 0) is 30.0 Å². The third kappa shape index (κ3) is 3.37. The molecule has 3 rings (SSSR count). The number of ether oxygens (including phenoxy) is 1. The number of hydrogen-bond donors (Lipinski definition) is 0. The van der Waals surface area contributed by atoms with E-state index in [1.54, 1.807) is 11.0 Å². The molecule has 0 unspecified atom stereocenters. The van der Waals surface area contributed by atoms with E-state index in [0.29, 0.717) is 19.7 Å². The Balaban J connectivity index is 1.75. The second kappa shape index (κ2) is 6.66. The first-order valence-electron chi connectivity index (χ1n) is 7.96. The van der Waals surface area contributed by atoms with Crippen molar-refractivity contribution in [1.29, 1.82) is 0 Å². The first kappa shape index (κ1) is 15.9. The molecule has 0 radical (unpaired) electrons. The Morgan fingerprint density at radius 1 is 1.39 bits per heavy atom. The number of nitrogens with zero attached hydrogens (tertiary/aromatic N) is 2. The number of amides is 2. The van der Waals surface area contributed by atoms with Crippen LogP contribution in [0.3, 0.4) is 0 Å². The van der Waals surface area contributed by atoms with Gasteiger partial charge < -0.3 is 14.5 Å². The molecule has 23 heavy (non-hydrogen) atoms. The summed E-state index contributed by atoms with van der Waals surface area (Å²) in [5, 5.41) is 0. The molecule has 2 heterocycles. The Morgan fingerprint density at radius 2 is 2.22 bits per heavy atom. The molecule has 0 bridgehead atoms. The van der Waals surface area contributed by atoms with Crippen LogP contribution in [0.25, 0.3) is 0 Å². The van der Waals surface area contributed by atoms with E-state index >= 15 is 0 Å². The molecular weight excluding hydrogens is 299 g/mol. The Morgan fingerprint density at radius 3 is 2.96 bits per heavy atom. The second-order valence-corrected chi connectivity index (χ2v) is 6.22. The fraction of sp³-hybridized carbons (Fsp3) is 0.529. The summed E-state index contributed by atoms with van der Waals surface area (Å²) in [4.78, 5) is 27.8. The third-order valence-corrected chi connectivity index (χ3v) is 4.62. The highest BCUT2D eigenvalue weighted by Crippen LogP contribution is 2.37. The number of benzene rings is 1. The summed E-state index contributed by atoms with van der Waals surface area (Å²) in [6, 6.07) is 6.29. The zero-order valence-electron chi connectivity index (χ0n) is 13.2. The molecule has 2 aliphatic rings. The van der Waals surface area contributed by atoms with Crippen LogP contribution in [0.1, 0.15) is 24.9 Å².